The maximum absolute atomic E-state index is 12.3. The minimum atomic E-state index is -0.158. The van der Waals surface area contributed by atoms with E-state index in [1.54, 1.807) is 24.3 Å². The molecule has 0 bridgehead atoms. The summed E-state index contributed by atoms with van der Waals surface area (Å²) in [6.07, 6.45) is 2.11. The van der Waals surface area contributed by atoms with Gasteiger partial charge in [0.1, 0.15) is 5.75 Å². The SMILES string of the molecule is CCCCOc1ccc(NC(=O)CNc2ccc(C(=O)NCc3ccccc3)cc2)cc1. The van der Waals surface area contributed by atoms with Crippen molar-refractivity contribution in [3.05, 3.63) is 90.0 Å². The molecule has 0 aliphatic carbocycles. The molecule has 0 spiro atoms. The number of carbonyl (C=O) groups is 2. The van der Waals surface area contributed by atoms with Crippen molar-refractivity contribution in [2.24, 2.45) is 0 Å². The Kier molecular flexibility index (Phi) is 8.69. The molecule has 0 saturated carbocycles. The van der Waals surface area contributed by atoms with Gasteiger partial charge in [0.05, 0.1) is 13.2 Å². The highest BCUT2D eigenvalue weighted by Crippen LogP contribution is 2.16. The summed E-state index contributed by atoms with van der Waals surface area (Å²) >= 11 is 0. The van der Waals surface area contributed by atoms with Gasteiger partial charge in [0.15, 0.2) is 0 Å². The first-order chi connectivity index (χ1) is 15.6. The number of nitrogens with one attached hydrogen (secondary N) is 3. The van der Waals surface area contributed by atoms with Crippen LogP contribution in [0.25, 0.3) is 0 Å². The molecule has 0 aromatic heterocycles. The van der Waals surface area contributed by atoms with Crippen LogP contribution in [0.2, 0.25) is 0 Å². The molecule has 0 aliphatic heterocycles. The third kappa shape index (κ3) is 7.47. The summed E-state index contributed by atoms with van der Waals surface area (Å²) in [7, 11) is 0. The summed E-state index contributed by atoms with van der Waals surface area (Å²) in [5.74, 6) is 0.497. The van der Waals surface area contributed by atoms with E-state index in [-0.39, 0.29) is 18.4 Å². The van der Waals surface area contributed by atoms with Crippen LogP contribution in [0.4, 0.5) is 11.4 Å². The smallest absolute Gasteiger partial charge is 0.251 e. The number of hydrogen-bond acceptors (Lipinski definition) is 4. The Balaban J connectivity index is 1.41. The third-order valence-electron chi connectivity index (χ3n) is 4.80. The maximum atomic E-state index is 12.3. The molecule has 0 fully saturated rings. The first-order valence-electron chi connectivity index (χ1n) is 10.8. The van der Waals surface area contributed by atoms with Gasteiger partial charge in [-0.2, -0.15) is 0 Å². The number of carbonyl (C=O) groups excluding carboxylic acids is 2. The van der Waals surface area contributed by atoms with Crippen LogP contribution in [0.15, 0.2) is 78.9 Å². The predicted octanol–water partition coefficient (Wildman–Crippen LogP) is 4.85. The van der Waals surface area contributed by atoms with Crippen molar-refractivity contribution in [1.29, 1.82) is 0 Å². The first-order valence-corrected chi connectivity index (χ1v) is 10.8. The fourth-order valence-corrected chi connectivity index (χ4v) is 2.98. The lowest BCUT2D eigenvalue weighted by atomic mass is 10.1. The molecule has 32 heavy (non-hydrogen) atoms. The fraction of sp³-hybridized carbons (Fsp3) is 0.231. The largest absolute Gasteiger partial charge is 0.494 e. The van der Waals surface area contributed by atoms with Crippen molar-refractivity contribution in [2.45, 2.75) is 26.3 Å². The molecule has 3 rings (SSSR count). The van der Waals surface area contributed by atoms with Crippen LogP contribution in [0, 0.1) is 0 Å². The molecule has 3 aromatic carbocycles. The molecule has 0 atom stereocenters. The maximum Gasteiger partial charge on any atom is 0.251 e. The zero-order valence-electron chi connectivity index (χ0n) is 18.3. The second-order valence-corrected chi connectivity index (χ2v) is 7.37. The summed E-state index contributed by atoms with van der Waals surface area (Å²) in [4.78, 5) is 24.5. The number of hydrogen-bond donors (Lipinski definition) is 3. The van der Waals surface area contributed by atoms with E-state index >= 15 is 0 Å². The van der Waals surface area contributed by atoms with Crippen LogP contribution in [0.1, 0.15) is 35.7 Å². The van der Waals surface area contributed by atoms with Gasteiger partial charge in [-0.3, -0.25) is 9.59 Å². The zero-order valence-corrected chi connectivity index (χ0v) is 18.3. The molecule has 0 aliphatic rings. The highest BCUT2D eigenvalue weighted by molar-refractivity contribution is 5.95. The van der Waals surface area contributed by atoms with Crippen molar-refractivity contribution >= 4 is 23.2 Å². The van der Waals surface area contributed by atoms with Gasteiger partial charge in [-0.05, 0) is 60.5 Å². The second-order valence-electron chi connectivity index (χ2n) is 7.37. The second kappa shape index (κ2) is 12.2. The summed E-state index contributed by atoms with van der Waals surface area (Å²) in [6.45, 7) is 3.41. The normalized spacial score (nSPS) is 10.3. The number of amides is 2. The monoisotopic (exact) mass is 431 g/mol. The van der Waals surface area contributed by atoms with Crippen LogP contribution in [0.3, 0.4) is 0 Å². The average Bonchev–Trinajstić information content (AvgIpc) is 2.83. The van der Waals surface area contributed by atoms with Gasteiger partial charge in [0.25, 0.3) is 5.91 Å². The van der Waals surface area contributed by atoms with Crippen molar-refractivity contribution in [1.82, 2.24) is 5.32 Å². The van der Waals surface area contributed by atoms with Crippen molar-refractivity contribution in [3.8, 4) is 5.75 Å². The Morgan fingerprint density at radius 3 is 2.22 bits per heavy atom. The highest BCUT2D eigenvalue weighted by Gasteiger charge is 2.07. The molecule has 6 nitrogen and oxygen atoms in total. The molecular weight excluding hydrogens is 402 g/mol. The van der Waals surface area contributed by atoms with Crippen molar-refractivity contribution in [3.63, 3.8) is 0 Å². The molecule has 3 aromatic rings. The Morgan fingerprint density at radius 1 is 0.844 bits per heavy atom. The minimum absolute atomic E-state index is 0.119. The average molecular weight is 432 g/mol. The van der Waals surface area contributed by atoms with Crippen LogP contribution in [0.5, 0.6) is 5.75 Å². The molecule has 6 heteroatoms. The van der Waals surface area contributed by atoms with Crippen LogP contribution in [-0.2, 0) is 11.3 Å². The summed E-state index contributed by atoms with van der Waals surface area (Å²) < 4.78 is 5.62. The Morgan fingerprint density at radius 2 is 1.53 bits per heavy atom. The highest BCUT2D eigenvalue weighted by atomic mass is 16.5. The van der Waals surface area contributed by atoms with E-state index in [9.17, 15) is 9.59 Å². The van der Waals surface area contributed by atoms with Crippen LogP contribution >= 0.6 is 0 Å². The van der Waals surface area contributed by atoms with E-state index in [4.69, 9.17) is 4.74 Å². The molecule has 2 amide bonds. The van der Waals surface area contributed by atoms with Gasteiger partial charge in [-0.15, -0.1) is 0 Å². The molecule has 0 heterocycles. The quantitative estimate of drug-likeness (QED) is 0.379. The molecular formula is C26H29N3O3. The first kappa shape index (κ1) is 22.9. The van der Waals surface area contributed by atoms with Crippen molar-refractivity contribution < 1.29 is 14.3 Å². The molecule has 0 saturated heterocycles. The predicted molar refractivity (Wildman–Crippen MR) is 128 cm³/mol. The van der Waals surface area contributed by atoms with Crippen LogP contribution < -0.4 is 20.7 Å². The number of unbranched alkanes of at least 4 members (excludes halogenated alkanes) is 1. The van der Waals surface area contributed by atoms with Crippen molar-refractivity contribution in [2.75, 3.05) is 23.8 Å². The van der Waals surface area contributed by atoms with Gasteiger partial charge in [-0.1, -0.05) is 43.7 Å². The van der Waals surface area contributed by atoms with E-state index < -0.39 is 0 Å². The number of anilines is 2. The fourth-order valence-electron chi connectivity index (χ4n) is 2.98. The number of rotatable bonds is 11. The molecule has 0 radical (unpaired) electrons. The van der Waals surface area contributed by atoms with Gasteiger partial charge >= 0.3 is 0 Å². The number of ether oxygens (including phenoxy) is 1. The van der Waals surface area contributed by atoms with Crippen LogP contribution in [-0.4, -0.2) is 25.0 Å². The van der Waals surface area contributed by atoms with Gasteiger partial charge in [-0.25, -0.2) is 0 Å². The zero-order chi connectivity index (χ0) is 22.6. The molecule has 0 unspecified atom stereocenters. The van der Waals surface area contributed by atoms with Gasteiger partial charge in [0.2, 0.25) is 5.91 Å². The lowest BCUT2D eigenvalue weighted by Crippen LogP contribution is -2.23. The lowest BCUT2D eigenvalue weighted by Gasteiger charge is -2.10. The third-order valence-corrected chi connectivity index (χ3v) is 4.80. The summed E-state index contributed by atoms with van der Waals surface area (Å²) in [5.41, 5.74) is 3.09. The van der Waals surface area contributed by atoms with E-state index in [1.165, 1.54) is 0 Å². The van der Waals surface area contributed by atoms with Gasteiger partial charge < -0.3 is 20.7 Å². The topological polar surface area (TPSA) is 79.5 Å². The standard InChI is InChI=1S/C26H29N3O3/c1-2-3-17-32-24-15-13-23(14-16-24)29-25(30)19-27-22-11-9-21(10-12-22)26(31)28-18-20-7-5-4-6-8-20/h4-16,27H,2-3,17-19H2,1H3,(H,28,31)(H,29,30). The Bertz CT molecular complexity index is 987. The number of benzene rings is 3. The summed E-state index contributed by atoms with van der Waals surface area (Å²) in [5, 5.41) is 8.81. The minimum Gasteiger partial charge on any atom is -0.494 e. The van der Waals surface area contributed by atoms with E-state index in [1.807, 2.05) is 54.6 Å². The Hall–Kier alpha value is -3.80. The summed E-state index contributed by atoms with van der Waals surface area (Å²) in [6, 6.07) is 24.1. The molecule has 3 N–H and O–H groups in total. The van der Waals surface area contributed by atoms with E-state index in [2.05, 4.69) is 22.9 Å². The lowest BCUT2D eigenvalue weighted by molar-refractivity contribution is -0.114. The Labute approximate surface area is 189 Å². The van der Waals surface area contributed by atoms with E-state index in [0.29, 0.717) is 24.4 Å². The molecule has 166 valence electrons. The van der Waals surface area contributed by atoms with Gasteiger partial charge in [0, 0.05) is 23.5 Å². The van der Waals surface area contributed by atoms with E-state index in [0.717, 1.165) is 29.8 Å².